The van der Waals surface area contributed by atoms with Crippen LogP contribution in [0.1, 0.15) is 36.0 Å². The molecule has 8 aromatic carbocycles. The number of nitrogens with zero attached hydrogens (tertiary/aromatic N) is 2. The van der Waals surface area contributed by atoms with E-state index in [1.165, 1.54) is 50.1 Å². The van der Waals surface area contributed by atoms with Gasteiger partial charge in [-0.2, -0.15) is 0 Å². The van der Waals surface area contributed by atoms with Crippen LogP contribution in [0.15, 0.2) is 261 Å². The maximum absolute atomic E-state index is 3.94. The summed E-state index contributed by atoms with van der Waals surface area (Å²) in [5.41, 5.74) is 17.7. The molecule has 0 saturated heterocycles. The lowest BCUT2D eigenvalue weighted by Gasteiger charge is -2.26. The highest BCUT2D eigenvalue weighted by molar-refractivity contribution is 5.82. The van der Waals surface area contributed by atoms with Crippen molar-refractivity contribution in [1.29, 1.82) is 0 Å². The largest absolute Gasteiger partial charge is 0.311 e. The molecule has 0 radical (unpaired) electrons. The van der Waals surface area contributed by atoms with Gasteiger partial charge in [-0.05, 0) is 149 Å². The lowest BCUT2D eigenvalue weighted by Crippen LogP contribution is -2.09. The summed E-state index contributed by atoms with van der Waals surface area (Å²) in [6.45, 7) is 3.94. The smallest absolute Gasteiger partial charge is 0.0462 e. The summed E-state index contributed by atoms with van der Waals surface area (Å²) >= 11 is 0. The summed E-state index contributed by atoms with van der Waals surface area (Å²) in [5.74, 6) is 0. The van der Waals surface area contributed by atoms with E-state index in [-0.39, 0.29) is 0 Å². The number of allylic oxidation sites excluding steroid dienone is 9. The molecule has 0 fully saturated rings. The zero-order chi connectivity index (χ0) is 43.3. The van der Waals surface area contributed by atoms with E-state index >= 15 is 0 Å². The number of benzene rings is 8. The molecule has 64 heavy (non-hydrogen) atoms. The Kier molecular flexibility index (Phi) is 13.1. The second-order valence-electron chi connectivity index (χ2n) is 16.0. The first-order valence-electron chi connectivity index (χ1n) is 22.3. The van der Waals surface area contributed by atoms with Crippen molar-refractivity contribution >= 4 is 45.3 Å². The Balaban J connectivity index is 0.926. The van der Waals surface area contributed by atoms with Crippen LogP contribution in [0.25, 0.3) is 33.4 Å². The Labute approximate surface area is 379 Å². The monoisotopic (exact) mass is 824 g/mol. The third-order valence-electron chi connectivity index (χ3n) is 11.7. The van der Waals surface area contributed by atoms with Gasteiger partial charge in [-0.3, -0.25) is 0 Å². The summed E-state index contributed by atoms with van der Waals surface area (Å²) < 4.78 is 0. The fourth-order valence-electron chi connectivity index (χ4n) is 8.35. The van der Waals surface area contributed by atoms with Crippen molar-refractivity contribution in [3.63, 3.8) is 0 Å². The molecule has 9 rings (SSSR count). The highest BCUT2D eigenvalue weighted by Gasteiger charge is 2.15. The van der Waals surface area contributed by atoms with Gasteiger partial charge in [0.1, 0.15) is 0 Å². The van der Waals surface area contributed by atoms with E-state index in [0.29, 0.717) is 0 Å². The van der Waals surface area contributed by atoms with Crippen molar-refractivity contribution in [3.8, 4) is 22.3 Å². The van der Waals surface area contributed by atoms with Crippen molar-refractivity contribution < 1.29 is 0 Å². The van der Waals surface area contributed by atoms with Crippen LogP contribution >= 0.6 is 0 Å². The average Bonchev–Trinajstić information content (AvgIpc) is 3.37. The standard InChI is InChI=1S/C62H52N2/c1-2-3-8-17-51(29-26-48-27-40-59(41-28-48)63(57-22-13-6-14-23-57)60-42-34-54(35-43-60)49-18-9-4-10-19-49)52-30-32-53(33-31-52)56-38-46-62(47-39-56)64(58-24-15-7-16-25-58)61-44-36-55(37-45-61)50-20-11-5-12-21-50/h2,5-9,11-25,27-47H,1,3-4,10,26H2/b17-8-,51-29+. The van der Waals surface area contributed by atoms with Crippen LogP contribution in [0.5, 0.6) is 0 Å². The van der Waals surface area contributed by atoms with Crippen molar-refractivity contribution in [2.75, 3.05) is 9.80 Å². The van der Waals surface area contributed by atoms with Gasteiger partial charge in [0.15, 0.2) is 0 Å². The minimum atomic E-state index is 0.812. The van der Waals surface area contributed by atoms with E-state index in [2.05, 4.69) is 265 Å². The van der Waals surface area contributed by atoms with E-state index < -0.39 is 0 Å². The first kappa shape index (κ1) is 41.4. The Morgan fingerprint density at radius 1 is 0.438 bits per heavy atom. The lowest BCUT2D eigenvalue weighted by atomic mass is 9.98. The van der Waals surface area contributed by atoms with Gasteiger partial charge < -0.3 is 9.80 Å². The number of para-hydroxylation sites is 2. The zero-order valence-corrected chi connectivity index (χ0v) is 36.2. The Bertz CT molecular complexity index is 2870. The first-order valence-corrected chi connectivity index (χ1v) is 22.3. The molecule has 2 nitrogen and oxygen atoms in total. The van der Waals surface area contributed by atoms with Crippen LogP contribution in [-0.4, -0.2) is 0 Å². The molecule has 0 aliphatic heterocycles. The highest BCUT2D eigenvalue weighted by atomic mass is 15.1. The first-order chi connectivity index (χ1) is 31.7. The van der Waals surface area contributed by atoms with Crippen LogP contribution in [0.3, 0.4) is 0 Å². The Morgan fingerprint density at radius 2 is 0.859 bits per heavy atom. The van der Waals surface area contributed by atoms with E-state index in [1.807, 2.05) is 6.08 Å². The molecule has 310 valence electrons. The topological polar surface area (TPSA) is 6.48 Å². The molecule has 0 aromatic heterocycles. The summed E-state index contributed by atoms with van der Waals surface area (Å²) in [6.07, 6.45) is 19.4. The molecule has 0 amide bonds. The molecule has 0 unspecified atom stereocenters. The lowest BCUT2D eigenvalue weighted by molar-refractivity contribution is 1.04. The van der Waals surface area contributed by atoms with E-state index in [0.717, 1.165) is 59.8 Å². The Morgan fingerprint density at radius 3 is 1.33 bits per heavy atom. The average molecular weight is 825 g/mol. The highest BCUT2D eigenvalue weighted by Crippen LogP contribution is 2.38. The van der Waals surface area contributed by atoms with E-state index in [9.17, 15) is 0 Å². The van der Waals surface area contributed by atoms with Gasteiger partial charge in [0.25, 0.3) is 0 Å². The number of rotatable bonds is 15. The van der Waals surface area contributed by atoms with Crippen LogP contribution in [0.2, 0.25) is 0 Å². The van der Waals surface area contributed by atoms with Gasteiger partial charge in [0, 0.05) is 34.1 Å². The molecule has 0 atom stereocenters. The molecule has 0 saturated carbocycles. The predicted octanol–water partition coefficient (Wildman–Crippen LogP) is 17.5. The zero-order valence-electron chi connectivity index (χ0n) is 36.2. The summed E-state index contributed by atoms with van der Waals surface area (Å²) in [6, 6.07) is 76.3. The van der Waals surface area contributed by atoms with E-state index in [4.69, 9.17) is 0 Å². The molecule has 2 heteroatoms. The molecule has 0 spiro atoms. The quantitative estimate of drug-likeness (QED) is 0.0750. The second kappa shape index (κ2) is 20.3. The summed E-state index contributed by atoms with van der Waals surface area (Å²) in [4.78, 5) is 4.64. The molecular weight excluding hydrogens is 773 g/mol. The number of anilines is 6. The molecular formula is C62H52N2. The van der Waals surface area contributed by atoms with Crippen LogP contribution in [-0.2, 0) is 6.42 Å². The molecule has 0 N–H and O–H groups in total. The predicted molar refractivity (Wildman–Crippen MR) is 275 cm³/mol. The van der Waals surface area contributed by atoms with Crippen LogP contribution < -0.4 is 9.80 Å². The summed E-state index contributed by atoms with van der Waals surface area (Å²) in [7, 11) is 0. The van der Waals surface area contributed by atoms with Crippen LogP contribution in [0.4, 0.5) is 34.1 Å². The van der Waals surface area contributed by atoms with Gasteiger partial charge in [-0.15, -0.1) is 6.58 Å². The minimum absolute atomic E-state index is 0.812. The van der Waals surface area contributed by atoms with Crippen molar-refractivity contribution in [1.82, 2.24) is 0 Å². The van der Waals surface area contributed by atoms with Crippen LogP contribution in [0, 0.1) is 0 Å². The molecule has 8 aromatic rings. The van der Waals surface area contributed by atoms with Gasteiger partial charge in [-0.1, -0.05) is 182 Å². The molecule has 1 aliphatic rings. The van der Waals surface area contributed by atoms with Gasteiger partial charge in [0.05, 0.1) is 0 Å². The van der Waals surface area contributed by atoms with Gasteiger partial charge in [0.2, 0.25) is 0 Å². The molecule has 0 bridgehead atoms. The Hall–Kier alpha value is -7.94. The molecule has 1 aliphatic carbocycles. The molecule has 0 heterocycles. The maximum Gasteiger partial charge on any atom is 0.0462 e. The van der Waals surface area contributed by atoms with E-state index in [1.54, 1.807) is 0 Å². The van der Waals surface area contributed by atoms with Crippen molar-refractivity contribution in [2.45, 2.75) is 25.7 Å². The SMILES string of the molecule is C=CC/C=C\C(=C/Cc1ccc(N(c2ccccc2)c2ccc(C3=CCCC=C3)cc2)cc1)c1ccc(-c2ccc(N(c3ccccc3)c3ccc(-c4ccccc4)cc3)cc2)cc1. The van der Waals surface area contributed by atoms with Gasteiger partial charge >= 0.3 is 0 Å². The number of hydrogen-bond donors (Lipinski definition) is 0. The second-order valence-corrected chi connectivity index (χ2v) is 16.0. The fourth-order valence-corrected chi connectivity index (χ4v) is 8.35. The third-order valence-corrected chi connectivity index (χ3v) is 11.7. The number of hydrogen-bond acceptors (Lipinski definition) is 2. The minimum Gasteiger partial charge on any atom is -0.311 e. The summed E-state index contributed by atoms with van der Waals surface area (Å²) in [5, 5.41) is 0. The fraction of sp³-hybridized carbons (Fsp3) is 0.0645. The third kappa shape index (κ3) is 9.89. The maximum atomic E-state index is 3.94. The normalized spacial score (nSPS) is 12.5. The van der Waals surface area contributed by atoms with Gasteiger partial charge in [-0.25, -0.2) is 0 Å². The van der Waals surface area contributed by atoms with Crippen molar-refractivity contribution in [3.05, 3.63) is 278 Å². The van der Waals surface area contributed by atoms with Crippen molar-refractivity contribution in [2.24, 2.45) is 0 Å².